The first-order valence-electron chi connectivity index (χ1n) is 9.90. The van der Waals surface area contributed by atoms with Crippen LogP contribution in [0.1, 0.15) is 30.8 Å². The Hall–Kier alpha value is -2.61. The Kier molecular flexibility index (Phi) is 8.92. The van der Waals surface area contributed by atoms with E-state index in [1.165, 1.54) is 12.1 Å². The molecule has 1 atom stereocenters. The molecule has 0 bridgehead atoms. The largest absolute Gasteiger partial charge is 0.489 e. The van der Waals surface area contributed by atoms with Crippen molar-refractivity contribution in [3.63, 3.8) is 0 Å². The zero-order valence-electron chi connectivity index (χ0n) is 18.0. The molecule has 2 rings (SSSR count). The number of ether oxygens (including phenoxy) is 2. The smallest absolute Gasteiger partial charge is 0.191 e. The lowest BCUT2D eigenvalue weighted by atomic mass is 10.2. The Morgan fingerprint density at radius 3 is 2.79 bits per heavy atom. The molecule has 8 heteroatoms. The average molecular weight is 406 g/mol. The highest BCUT2D eigenvalue weighted by molar-refractivity contribution is 5.79. The number of rotatable bonds is 10. The van der Waals surface area contributed by atoms with E-state index in [9.17, 15) is 4.39 Å². The summed E-state index contributed by atoms with van der Waals surface area (Å²) in [5.74, 6) is 0.899. The molecule has 29 heavy (non-hydrogen) atoms. The Morgan fingerprint density at radius 2 is 2.10 bits per heavy atom. The van der Waals surface area contributed by atoms with Crippen LogP contribution < -0.4 is 15.4 Å². The summed E-state index contributed by atoms with van der Waals surface area (Å²) in [5.41, 5.74) is 3.19. The van der Waals surface area contributed by atoms with Crippen molar-refractivity contribution in [2.45, 2.75) is 46.9 Å². The van der Waals surface area contributed by atoms with Gasteiger partial charge in [-0.15, -0.1) is 0 Å². The number of aliphatic imine (C=N–C) groups is 1. The summed E-state index contributed by atoms with van der Waals surface area (Å²) in [6.07, 6.45) is -0.152. The molecule has 1 heterocycles. The van der Waals surface area contributed by atoms with Gasteiger partial charge in [0.2, 0.25) is 0 Å². The van der Waals surface area contributed by atoms with Crippen LogP contribution in [0.2, 0.25) is 0 Å². The maximum absolute atomic E-state index is 13.3. The van der Waals surface area contributed by atoms with E-state index in [0.717, 1.165) is 30.0 Å². The molecular formula is C21H32FN5O2. The van der Waals surface area contributed by atoms with Crippen LogP contribution in [0.3, 0.4) is 0 Å². The summed E-state index contributed by atoms with van der Waals surface area (Å²) < 4.78 is 26.1. The van der Waals surface area contributed by atoms with E-state index in [2.05, 4.69) is 27.6 Å². The van der Waals surface area contributed by atoms with Gasteiger partial charge in [-0.1, -0.05) is 6.07 Å². The second kappa shape index (κ2) is 11.4. The van der Waals surface area contributed by atoms with E-state index in [1.807, 2.05) is 25.5 Å². The van der Waals surface area contributed by atoms with Gasteiger partial charge < -0.3 is 20.1 Å². The summed E-state index contributed by atoms with van der Waals surface area (Å²) in [6, 6.07) is 6.15. The molecule has 0 aliphatic carbocycles. The molecule has 1 unspecified atom stereocenters. The monoisotopic (exact) mass is 405 g/mol. The van der Waals surface area contributed by atoms with Gasteiger partial charge in [0.25, 0.3) is 0 Å². The standard InChI is InChI=1S/C21H32FN5O2/c1-6-23-21(24-13-15(2)29-19-9-7-8-18(22)12-19)25-14-20-16(3)26-27(17(20)4)10-11-28-5/h7-9,12,15H,6,10-11,13-14H2,1-5H3,(H2,23,24,25). The highest BCUT2D eigenvalue weighted by Crippen LogP contribution is 2.15. The first-order chi connectivity index (χ1) is 13.9. The number of aromatic nitrogens is 2. The molecular weight excluding hydrogens is 373 g/mol. The minimum Gasteiger partial charge on any atom is -0.489 e. The lowest BCUT2D eigenvalue weighted by Crippen LogP contribution is -2.41. The zero-order valence-corrected chi connectivity index (χ0v) is 18.0. The third kappa shape index (κ3) is 7.05. The number of methoxy groups -OCH3 is 1. The van der Waals surface area contributed by atoms with Crippen molar-refractivity contribution in [1.82, 2.24) is 20.4 Å². The summed E-state index contributed by atoms with van der Waals surface area (Å²) in [4.78, 5) is 4.69. The predicted molar refractivity (Wildman–Crippen MR) is 113 cm³/mol. The van der Waals surface area contributed by atoms with Crippen molar-refractivity contribution in [2.75, 3.05) is 26.8 Å². The number of aryl methyl sites for hydroxylation is 1. The van der Waals surface area contributed by atoms with E-state index in [0.29, 0.717) is 31.4 Å². The summed E-state index contributed by atoms with van der Waals surface area (Å²) >= 11 is 0. The SMILES string of the molecule is CCNC(=NCc1c(C)nn(CCOC)c1C)NCC(C)Oc1cccc(F)c1. The maximum atomic E-state index is 13.3. The first-order valence-corrected chi connectivity index (χ1v) is 9.90. The minimum absolute atomic E-state index is 0.152. The van der Waals surface area contributed by atoms with E-state index >= 15 is 0 Å². The lowest BCUT2D eigenvalue weighted by molar-refractivity contribution is 0.182. The number of hydrogen-bond acceptors (Lipinski definition) is 4. The Labute approximate surface area is 172 Å². The van der Waals surface area contributed by atoms with Crippen molar-refractivity contribution in [2.24, 2.45) is 4.99 Å². The molecule has 0 saturated carbocycles. The maximum Gasteiger partial charge on any atom is 0.191 e. The zero-order chi connectivity index (χ0) is 21.2. The van der Waals surface area contributed by atoms with Gasteiger partial charge in [0.1, 0.15) is 17.7 Å². The van der Waals surface area contributed by atoms with Crippen LogP contribution in [-0.4, -0.2) is 48.7 Å². The molecule has 1 aromatic heterocycles. The normalized spacial score (nSPS) is 12.7. The summed E-state index contributed by atoms with van der Waals surface area (Å²) in [6.45, 7) is 11.1. The molecule has 0 saturated heterocycles. The van der Waals surface area contributed by atoms with Crippen LogP contribution >= 0.6 is 0 Å². The average Bonchev–Trinajstić information content (AvgIpc) is 2.95. The van der Waals surface area contributed by atoms with Crippen LogP contribution in [0, 0.1) is 19.7 Å². The fourth-order valence-electron chi connectivity index (χ4n) is 2.91. The fourth-order valence-corrected chi connectivity index (χ4v) is 2.91. The van der Waals surface area contributed by atoms with Crippen molar-refractivity contribution < 1.29 is 13.9 Å². The lowest BCUT2D eigenvalue weighted by Gasteiger charge is -2.17. The van der Waals surface area contributed by atoms with Gasteiger partial charge >= 0.3 is 0 Å². The quantitative estimate of drug-likeness (QED) is 0.470. The van der Waals surface area contributed by atoms with Crippen LogP contribution in [0.25, 0.3) is 0 Å². The number of guanidine groups is 1. The molecule has 1 aromatic carbocycles. The summed E-state index contributed by atoms with van der Waals surface area (Å²) in [7, 11) is 1.68. The minimum atomic E-state index is -0.311. The second-order valence-electron chi connectivity index (χ2n) is 6.83. The van der Waals surface area contributed by atoms with Crippen molar-refractivity contribution in [1.29, 1.82) is 0 Å². The van der Waals surface area contributed by atoms with E-state index in [1.54, 1.807) is 19.2 Å². The van der Waals surface area contributed by atoms with Gasteiger partial charge in [0.15, 0.2) is 5.96 Å². The van der Waals surface area contributed by atoms with E-state index < -0.39 is 0 Å². The molecule has 0 aliphatic heterocycles. The molecule has 7 nitrogen and oxygen atoms in total. The van der Waals surface area contributed by atoms with Gasteiger partial charge in [-0.3, -0.25) is 4.68 Å². The fraction of sp³-hybridized carbons (Fsp3) is 0.524. The third-order valence-corrected chi connectivity index (χ3v) is 4.47. The topological polar surface area (TPSA) is 72.7 Å². The highest BCUT2D eigenvalue weighted by Gasteiger charge is 2.12. The van der Waals surface area contributed by atoms with Gasteiger partial charge in [-0.25, -0.2) is 9.38 Å². The predicted octanol–water partition coefficient (Wildman–Crippen LogP) is 2.81. The Morgan fingerprint density at radius 1 is 1.31 bits per heavy atom. The molecule has 2 N–H and O–H groups in total. The number of nitrogens with one attached hydrogen (secondary N) is 2. The van der Waals surface area contributed by atoms with Crippen molar-refractivity contribution in [3.8, 4) is 5.75 Å². The molecule has 0 amide bonds. The third-order valence-electron chi connectivity index (χ3n) is 4.47. The van der Waals surface area contributed by atoms with Crippen LogP contribution in [0.5, 0.6) is 5.75 Å². The van der Waals surface area contributed by atoms with Crippen LogP contribution in [0.15, 0.2) is 29.3 Å². The molecule has 160 valence electrons. The summed E-state index contributed by atoms with van der Waals surface area (Å²) in [5, 5.41) is 11.1. The number of halogens is 1. The van der Waals surface area contributed by atoms with Crippen molar-refractivity contribution >= 4 is 5.96 Å². The first kappa shape index (κ1) is 22.7. The molecule has 2 aromatic rings. The van der Waals surface area contributed by atoms with Crippen LogP contribution in [-0.2, 0) is 17.8 Å². The van der Waals surface area contributed by atoms with Crippen molar-refractivity contribution in [3.05, 3.63) is 47.0 Å². The number of hydrogen-bond donors (Lipinski definition) is 2. The number of benzene rings is 1. The highest BCUT2D eigenvalue weighted by atomic mass is 19.1. The Balaban J connectivity index is 1.96. The van der Waals surface area contributed by atoms with E-state index in [4.69, 9.17) is 9.47 Å². The molecule has 0 fully saturated rings. The molecule has 0 spiro atoms. The van der Waals surface area contributed by atoms with Gasteiger partial charge in [-0.05, 0) is 39.8 Å². The second-order valence-corrected chi connectivity index (χ2v) is 6.83. The Bertz CT molecular complexity index is 806. The van der Waals surface area contributed by atoms with E-state index in [-0.39, 0.29) is 11.9 Å². The van der Waals surface area contributed by atoms with Gasteiger partial charge in [-0.2, -0.15) is 5.10 Å². The molecule has 0 radical (unpaired) electrons. The van der Waals surface area contributed by atoms with Gasteiger partial charge in [0.05, 0.1) is 31.9 Å². The number of nitrogens with zero attached hydrogens (tertiary/aromatic N) is 3. The molecule has 0 aliphatic rings. The van der Waals surface area contributed by atoms with Crippen LogP contribution in [0.4, 0.5) is 4.39 Å². The van der Waals surface area contributed by atoms with Gasteiger partial charge in [0, 0.05) is 31.0 Å².